The molecule has 0 unspecified atom stereocenters. The SMILES string of the molecule is CC1(C)OC(c2ccc(N3C(N)=NC(N)=NC34CCCCC4)cc2)OC1(C)C. The van der Waals surface area contributed by atoms with Gasteiger partial charge in [0.05, 0.1) is 11.2 Å². The second kappa shape index (κ2) is 6.46. The molecule has 7 nitrogen and oxygen atoms in total. The minimum atomic E-state index is -0.431. The number of rotatable bonds is 2. The van der Waals surface area contributed by atoms with Crippen LogP contribution in [0.2, 0.25) is 0 Å². The van der Waals surface area contributed by atoms with Crippen molar-refractivity contribution in [2.75, 3.05) is 4.90 Å². The molecule has 28 heavy (non-hydrogen) atoms. The number of nitrogens with two attached hydrogens (primary N) is 2. The zero-order valence-corrected chi connectivity index (χ0v) is 17.2. The quantitative estimate of drug-likeness (QED) is 0.813. The Hall–Kier alpha value is -2.12. The van der Waals surface area contributed by atoms with E-state index in [9.17, 15) is 0 Å². The predicted molar refractivity (Wildman–Crippen MR) is 111 cm³/mol. The first kappa shape index (κ1) is 19.2. The molecule has 4 rings (SSSR count). The fraction of sp³-hybridized carbons (Fsp3) is 0.619. The maximum Gasteiger partial charge on any atom is 0.220 e. The molecule has 1 saturated heterocycles. The summed E-state index contributed by atoms with van der Waals surface area (Å²) in [5, 5.41) is 0. The van der Waals surface area contributed by atoms with Crippen LogP contribution in [0.3, 0.4) is 0 Å². The molecule has 4 N–H and O–H groups in total. The van der Waals surface area contributed by atoms with Crippen LogP contribution >= 0.6 is 0 Å². The van der Waals surface area contributed by atoms with Gasteiger partial charge in [-0.05, 0) is 65.5 Å². The van der Waals surface area contributed by atoms with Crippen molar-refractivity contribution in [1.82, 2.24) is 0 Å². The Morgan fingerprint density at radius 3 is 2.07 bits per heavy atom. The molecule has 0 atom stereocenters. The number of aliphatic imine (C=N–C) groups is 2. The lowest BCUT2D eigenvalue weighted by atomic mass is 9.87. The first-order valence-electron chi connectivity index (χ1n) is 10.1. The summed E-state index contributed by atoms with van der Waals surface area (Å²) in [6, 6.07) is 8.14. The summed E-state index contributed by atoms with van der Waals surface area (Å²) in [7, 11) is 0. The summed E-state index contributed by atoms with van der Waals surface area (Å²) in [6.45, 7) is 8.23. The highest BCUT2D eigenvalue weighted by Crippen LogP contribution is 2.45. The van der Waals surface area contributed by atoms with Crippen molar-refractivity contribution in [3.8, 4) is 0 Å². The van der Waals surface area contributed by atoms with Gasteiger partial charge in [0.15, 0.2) is 6.29 Å². The molecule has 1 spiro atoms. The summed E-state index contributed by atoms with van der Waals surface area (Å²) >= 11 is 0. The standard InChI is InChI=1S/C21H31N5O2/c1-19(2)20(3,4)28-16(27-19)14-8-10-15(11-9-14)26-18(23)24-17(22)25-21(26)12-6-5-7-13-21/h8-11,16H,5-7,12-13H2,1-4H3,(H4,22,23,24,25). The van der Waals surface area contributed by atoms with Crippen molar-refractivity contribution in [3.05, 3.63) is 29.8 Å². The van der Waals surface area contributed by atoms with Gasteiger partial charge < -0.3 is 20.9 Å². The minimum absolute atomic E-state index is 0.268. The number of ether oxygens (including phenoxy) is 2. The number of hydrogen-bond acceptors (Lipinski definition) is 7. The maximum absolute atomic E-state index is 6.30. The Balaban J connectivity index is 1.62. The smallest absolute Gasteiger partial charge is 0.220 e. The molecule has 0 radical (unpaired) electrons. The zero-order chi connectivity index (χ0) is 20.2. The molecule has 7 heteroatoms. The summed E-state index contributed by atoms with van der Waals surface area (Å²) in [5.41, 5.74) is 13.0. The average molecular weight is 386 g/mol. The van der Waals surface area contributed by atoms with Crippen molar-refractivity contribution in [1.29, 1.82) is 0 Å². The summed E-state index contributed by atoms with van der Waals surface area (Å²) in [5.74, 6) is 0.669. The molecule has 1 aliphatic carbocycles. The molecule has 1 aromatic rings. The maximum atomic E-state index is 6.30. The van der Waals surface area contributed by atoms with Gasteiger partial charge in [0.1, 0.15) is 5.66 Å². The molecule has 0 amide bonds. The molecule has 0 aromatic heterocycles. The lowest BCUT2D eigenvalue weighted by molar-refractivity contribution is -0.0895. The third-order valence-corrected chi connectivity index (χ3v) is 6.53. The molecular weight excluding hydrogens is 354 g/mol. The molecule has 2 heterocycles. The van der Waals surface area contributed by atoms with Crippen LogP contribution in [0, 0.1) is 0 Å². The molecule has 1 aromatic carbocycles. The van der Waals surface area contributed by atoms with Gasteiger partial charge in [-0.15, -0.1) is 0 Å². The van der Waals surface area contributed by atoms with E-state index in [2.05, 4.69) is 32.7 Å². The third-order valence-electron chi connectivity index (χ3n) is 6.53. The zero-order valence-electron chi connectivity index (χ0n) is 17.2. The number of hydrogen-bond donors (Lipinski definition) is 2. The van der Waals surface area contributed by atoms with Gasteiger partial charge in [-0.1, -0.05) is 18.6 Å². The molecule has 1 saturated carbocycles. The first-order valence-corrected chi connectivity index (χ1v) is 10.1. The van der Waals surface area contributed by atoms with Gasteiger partial charge in [0.2, 0.25) is 11.9 Å². The van der Waals surface area contributed by atoms with Crippen molar-refractivity contribution in [3.63, 3.8) is 0 Å². The topological polar surface area (TPSA) is 98.5 Å². The predicted octanol–water partition coefficient (Wildman–Crippen LogP) is 3.40. The number of anilines is 1. The van der Waals surface area contributed by atoms with E-state index in [0.717, 1.165) is 36.9 Å². The van der Waals surface area contributed by atoms with E-state index in [1.807, 2.05) is 29.2 Å². The van der Waals surface area contributed by atoms with Gasteiger partial charge in [-0.3, -0.25) is 4.90 Å². The minimum Gasteiger partial charge on any atom is -0.369 e. The number of guanidine groups is 2. The lowest BCUT2D eigenvalue weighted by Crippen LogP contribution is -2.58. The molecule has 2 aliphatic heterocycles. The van der Waals surface area contributed by atoms with E-state index in [4.69, 9.17) is 25.9 Å². The highest BCUT2D eigenvalue weighted by Gasteiger charge is 2.49. The molecular formula is C21H31N5O2. The van der Waals surface area contributed by atoms with E-state index >= 15 is 0 Å². The van der Waals surface area contributed by atoms with Crippen LogP contribution < -0.4 is 16.4 Å². The summed E-state index contributed by atoms with van der Waals surface area (Å²) in [4.78, 5) is 11.0. The van der Waals surface area contributed by atoms with Gasteiger partial charge in [0, 0.05) is 11.3 Å². The van der Waals surface area contributed by atoms with Crippen molar-refractivity contribution in [2.24, 2.45) is 21.5 Å². The van der Waals surface area contributed by atoms with E-state index in [1.54, 1.807) is 0 Å². The van der Waals surface area contributed by atoms with Crippen LogP contribution in [0.4, 0.5) is 5.69 Å². The van der Waals surface area contributed by atoms with E-state index in [0.29, 0.717) is 5.96 Å². The second-order valence-corrected chi connectivity index (χ2v) is 9.00. The van der Waals surface area contributed by atoms with E-state index in [-0.39, 0.29) is 23.5 Å². The number of benzene rings is 1. The summed E-state index contributed by atoms with van der Waals surface area (Å²) < 4.78 is 12.3. The monoisotopic (exact) mass is 385 g/mol. The van der Waals surface area contributed by atoms with Crippen molar-refractivity contribution >= 4 is 17.6 Å². The average Bonchev–Trinajstić information content (AvgIpc) is 2.83. The molecule has 0 bridgehead atoms. The highest BCUT2D eigenvalue weighted by atomic mass is 16.7. The van der Waals surface area contributed by atoms with Gasteiger partial charge in [-0.25, -0.2) is 4.99 Å². The third kappa shape index (κ3) is 3.06. The highest BCUT2D eigenvalue weighted by molar-refractivity contribution is 6.05. The van der Waals surface area contributed by atoms with Gasteiger partial charge >= 0.3 is 0 Å². The first-order chi connectivity index (χ1) is 13.1. The van der Waals surface area contributed by atoms with Gasteiger partial charge in [0.25, 0.3) is 0 Å². The van der Waals surface area contributed by atoms with Crippen LogP contribution in [0.15, 0.2) is 34.3 Å². The van der Waals surface area contributed by atoms with Crippen molar-refractivity contribution in [2.45, 2.75) is 83.0 Å². The Morgan fingerprint density at radius 1 is 0.929 bits per heavy atom. The van der Waals surface area contributed by atoms with Crippen LogP contribution in [0.25, 0.3) is 0 Å². The molecule has 3 aliphatic rings. The Bertz CT molecular complexity index is 791. The van der Waals surface area contributed by atoms with Crippen LogP contribution in [-0.4, -0.2) is 28.8 Å². The van der Waals surface area contributed by atoms with Crippen LogP contribution in [-0.2, 0) is 9.47 Å². The van der Waals surface area contributed by atoms with Crippen LogP contribution in [0.5, 0.6) is 0 Å². The van der Waals surface area contributed by atoms with Gasteiger partial charge in [-0.2, -0.15) is 4.99 Å². The fourth-order valence-electron chi connectivity index (χ4n) is 4.25. The summed E-state index contributed by atoms with van der Waals surface area (Å²) in [6.07, 6.45) is 4.87. The van der Waals surface area contributed by atoms with E-state index in [1.165, 1.54) is 6.42 Å². The van der Waals surface area contributed by atoms with Crippen molar-refractivity contribution < 1.29 is 9.47 Å². The Morgan fingerprint density at radius 2 is 1.50 bits per heavy atom. The lowest BCUT2D eigenvalue weighted by Gasteiger charge is -2.45. The normalized spacial score (nSPS) is 26.2. The number of nitrogens with zero attached hydrogens (tertiary/aromatic N) is 3. The fourth-order valence-corrected chi connectivity index (χ4v) is 4.25. The molecule has 2 fully saturated rings. The Kier molecular flexibility index (Phi) is 4.43. The molecule has 152 valence electrons. The van der Waals surface area contributed by atoms with E-state index < -0.39 is 5.66 Å². The largest absolute Gasteiger partial charge is 0.369 e. The second-order valence-electron chi connectivity index (χ2n) is 9.00. The Labute approximate surface area is 166 Å². The van der Waals surface area contributed by atoms with Crippen LogP contribution in [0.1, 0.15) is 71.7 Å².